The number of rotatable bonds is 1. The van der Waals surface area contributed by atoms with Crippen LogP contribution in [0.4, 0.5) is 8.78 Å². The Morgan fingerprint density at radius 2 is 1.97 bits per heavy atom. The number of thiazole rings is 1. The summed E-state index contributed by atoms with van der Waals surface area (Å²) in [6.45, 7) is 3.79. The van der Waals surface area contributed by atoms with Crippen molar-refractivity contribution in [2.45, 2.75) is 19.9 Å². The molecule has 0 saturated carbocycles. The molecule has 4 heterocycles. The third-order valence-corrected chi connectivity index (χ3v) is 6.94. The first-order valence-electron chi connectivity index (χ1n) is 10.5. The number of aryl methyl sites for hydroxylation is 2. The fourth-order valence-corrected chi connectivity index (χ4v) is 5.34. The molecule has 8 nitrogen and oxygen atoms in total. The summed E-state index contributed by atoms with van der Waals surface area (Å²) in [6, 6.07) is 2.85. The normalized spacial score (nSPS) is 18.6. The lowest BCUT2D eigenvalue weighted by molar-refractivity contribution is 0.0701. The largest absolute Gasteiger partial charge is 0.502 e. The Balaban J connectivity index is 1.85. The van der Waals surface area contributed by atoms with Gasteiger partial charge in [0.25, 0.3) is 5.91 Å². The molecule has 0 radical (unpaired) electrons. The molecule has 0 unspecified atom stereocenters. The Morgan fingerprint density at radius 3 is 2.71 bits per heavy atom. The van der Waals surface area contributed by atoms with Gasteiger partial charge < -0.3 is 14.7 Å². The molecule has 1 N–H and O–H groups in total. The Bertz CT molecular complexity index is 1400. The zero-order chi connectivity index (χ0) is 24.1. The minimum atomic E-state index is -1.12. The first kappa shape index (κ1) is 22.1. The smallest absolute Gasteiger partial charge is 0.278 e. The van der Waals surface area contributed by atoms with Crippen molar-refractivity contribution >= 4 is 17.2 Å². The first-order valence-corrected chi connectivity index (χ1v) is 11.3. The number of hydrogen-bond donors (Lipinski definition) is 1. The van der Waals surface area contributed by atoms with Crippen LogP contribution in [0.3, 0.4) is 0 Å². The molecule has 1 amide bonds. The summed E-state index contributed by atoms with van der Waals surface area (Å²) in [5, 5.41) is 13.0. The molecule has 0 spiro atoms. The van der Waals surface area contributed by atoms with Crippen LogP contribution in [-0.2, 0) is 0 Å². The van der Waals surface area contributed by atoms with Gasteiger partial charge in [-0.3, -0.25) is 19.3 Å². The third-order valence-electron chi connectivity index (χ3n) is 5.81. The van der Waals surface area contributed by atoms with Crippen molar-refractivity contribution in [1.29, 1.82) is 0 Å². The van der Waals surface area contributed by atoms with Crippen LogP contribution < -0.4 is 15.2 Å². The maximum absolute atomic E-state index is 15.0. The van der Waals surface area contributed by atoms with Crippen molar-refractivity contribution in [1.82, 2.24) is 14.6 Å². The minimum Gasteiger partial charge on any atom is -0.502 e. The lowest BCUT2D eigenvalue weighted by atomic mass is 10.0. The molecule has 0 aliphatic carbocycles. The van der Waals surface area contributed by atoms with Gasteiger partial charge in [0.1, 0.15) is 19.3 Å². The molecule has 0 saturated heterocycles. The zero-order valence-corrected chi connectivity index (χ0v) is 19.1. The van der Waals surface area contributed by atoms with Crippen molar-refractivity contribution in [2.75, 3.05) is 24.8 Å². The Hall–Kier alpha value is -3.73. The van der Waals surface area contributed by atoms with Crippen LogP contribution in [0.15, 0.2) is 41.3 Å². The van der Waals surface area contributed by atoms with Gasteiger partial charge in [-0.2, -0.15) is 4.39 Å². The maximum Gasteiger partial charge on any atom is 0.278 e. The fourth-order valence-electron chi connectivity index (χ4n) is 4.28. The lowest BCUT2D eigenvalue weighted by Gasteiger charge is -2.43. The number of nitrogens with zero attached hydrogens (tertiary/aromatic N) is 4. The van der Waals surface area contributed by atoms with Gasteiger partial charge in [-0.25, -0.2) is 9.37 Å². The SMILES string of the molecule is Cc1nc(C)c([C@H]2c3ccc(F)c(F)c3OC/C=C\CN3CN2n2ccc(=O)c(O)c2C3=O)s1. The van der Waals surface area contributed by atoms with E-state index in [0.717, 1.165) is 22.0 Å². The van der Waals surface area contributed by atoms with Crippen molar-refractivity contribution in [3.05, 3.63) is 85.2 Å². The predicted octanol–water partition coefficient (Wildman–Crippen LogP) is 2.99. The number of fused-ring (bicyclic) bond motifs is 5. The van der Waals surface area contributed by atoms with E-state index >= 15 is 4.39 Å². The molecule has 0 fully saturated rings. The molecule has 1 atom stereocenters. The topological polar surface area (TPSA) is 87.9 Å². The highest BCUT2D eigenvalue weighted by molar-refractivity contribution is 7.11. The van der Waals surface area contributed by atoms with Gasteiger partial charge in [0.15, 0.2) is 23.0 Å². The molecule has 2 bridgehead atoms. The van der Waals surface area contributed by atoms with Crippen LogP contribution in [0.2, 0.25) is 0 Å². The summed E-state index contributed by atoms with van der Waals surface area (Å²) in [6.07, 6.45) is 4.64. The minimum absolute atomic E-state index is 0.0397. The molecule has 2 aliphatic rings. The number of carbonyl (C=O) groups excluding carboxylic acids is 1. The van der Waals surface area contributed by atoms with Gasteiger partial charge in [0.2, 0.25) is 11.2 Å². The van der Waals surface area contributed by atoms with E-state index in [1.54, 1.807) is 17.2 Å². The van der Waals surface area contributed by atoms with E-state index in [9.17, 15) is 19.1 Å². The Kier molecular flexibility index (Phi) is 5.35. The number of pyridine rings is 1. The van der Waals surface area contributed by atoms with Crippen LogP contribution >= 0.6 is 11.3 Å². The first-order chi connectivity index (χ1) is 16.3. The van der Waals surface area contributed by atoms with Crippen LogP contribution in [-0.4, -0.2) is 45.4 Å². The molecular formula is C23H20F2N4O4S. The van der Waals surface area contributed by atoms with E-state index in [1.807, 2.05) is 13.8 Å². The number of ether oxygens (including phenoxy) is 1. The van der Waals surface area contributed by atoms with Crippen LogP contribution in [0.1, 0.15) is 37.7 Å². The standard InChI is InChI=1S/C23H20F2N4O4S/c1-12-22(34-13(2)26-12)18-14-5-6-15(24)17(25)21(14)33-10-4-3-8-27-11-29(18)28-9-7-16(30)20(31)19(28)23(27)32/h3-7,9,18,31H,8,10-11H2,1-2H3/b4-3-/t18-/m1/s1. The highest BCUT2D eigenvalue weighted by Gasteiger charge is 2.39. The van der Waals surface area contributed by atoms with E-state index in [4.69, 9.17) is 4.74 Å². The molecule has 11 heteroatoms. The number of amides is 1. The summed E-state index contributed by atoms with van der Waals surface area (Å²) < 4.78 is 36.3. The Morgan fingerprint density at radius 1 is 1.18 bits per heavy atom. The Labute approximate surface area is 196 Å². The number of hydrogen-bond acceptors (Lipinski definition) is 7. The monoisotopic (exact) mass is 486 g/mol. The quantitative estimate of drug-likeness (QED) is 0.532. The summed E-state index contributed by atoms with van der Waals surface area (Å²) >= 11 is 1.37. The van der Waals surface area contributed by atoms with Gasteiger partial charge in [-0.1, -0.05) is 6.08 Å². The van der Waals surface area contributed by atoms with E-state index in [-0.39, 0.29) is 31.3 Å². The van der Waals surface area contributed by atoms with Gasteiger partial charge in [0, 0.05) is 24.4 Å². The molecule has 3 aromatic rings. The maximum atomic E-state index is 15.0. The summed E-state index contributed by atoms with van der Waals surface area (Å²) in [5.74, 6) is -3.64. The van der Waals surface area contributed by atoms with E-state index in [1.165, 1.54) is 33.2 Å². The molecule has 2 aromatic heterocycles. The van der Waals surface area contributed by atoms with Crippen molar-refractivity contribution in [3.63, 3.8) is 0 Å². The second-order valence-electron chi connectivity index (χ2n) is 7.98. The van der Waals surface area contributed by atoms with Gasteiger partial charge in [0.05, 0.1) is 15.6 Å². The van der Waals surface area contributed by atoms with Crippen LogP contribution in [0.5, 0.6) is 11.5 Å². The molecule has 176 valence electrons. The second-order valence-corrected chi connectivity index (χ2v) is 9.21. The van der Waals surface area contributed by atoms with Gasteiger partial charge >= 0.3 is 0 Å². The summed E-state index contributed by atoms with van der Waals surface area (Å²) in [5.41, 5.74) is 0.0886. The molecule has 5 rings (SSSR count). The second kappa shape index (κ2) is 8.24. The predicted molar refractivity (Wildman–Crippen MR) is 121 cm³/mol. The molecule has 2 aliphatic heterocycles. The van der Waals surface area contributed by atoms with E-state index in [2.05, 4.69) is 4.98 Å². The average Bonchev–Trinajstić information content (AvgIpc) is 3.12. The summed E-state index contributed by atoms with van der Waals surface area (Å²) in [4.78, 5) is 32.1. The number of aromatic nitrogens is 2. The molecule has 34 heavy (non-hydrogen) atoms. The van der Waals surface area contributed by atoms with Crippen molar-refractivity contribution in [3.8, 4) is 11.5 Å². The third kappa shape index (κ3) is 3.43. The number of aromatic hydroxyl groups is 1. The molecule has 1 aromatic carbocycles. The average molecular weight is 487 g/mol. The zero-order valence-electron chi connectivity index (χ0n) is 18.3. The molecular weight excluding hydrogens is 466 g/mol. The number of halogens is 2. The van der Waals surface area contributed by atoms with Gasteiger partial charge in [-0.05, 0) is 32.1 Å². The lowest BCUT2D eigenvalue weighted by Crippen LogP contribution is -2.55. The van der Waals surface area contributed by atoms with E-state index in [0.29, 0.717) is 11.3 Å². The number of carbonyl (C=O) groups is 1. The highest BCUT2D eigenvalue weighted by Crippen LogP contribution is 2.41. The van der Waals surface area contributed by atoms with Crippen LogP contribution in [0, 0.1) is 25.5 Å². The number of benzene rings is 1. The summed E-state index contributed by atoms with van der Waals surface area (Å²) in [7, 11) is 0. The van der Waals surface area contributed by atoms with Gasteiger partial charge in [-0.15, -0.1) is 11.3 Å². The fraction of sp³-hybridized carbons (Fsp3) is 0.261. The van der Waals surface area contributed by atoms with Crippen LogP contribution in [0.25, 0.3) is 0 Å². The van der Waals surface area contributed by atoms with Crippen molar-refractivity contribution in [2.24, 2.45) is 0 Å². The highest BCUT2D eigenvalue weighted by atomic mass is 32.1. The van der Waals surface area contributed by atoms with Crippen molar-refractivity contribution < 1.29 is 23.4 Å². The van der Waals surface area contributed by atoms with E-state index < -0.39 is 34.8 Å².